The van der Waals surface area contributed by atoms with Crippen molar-refractivity contribution in [3.8, 4) is 0 Å². The molecule has 9 heteroatoms. The molecule has 0 saturated carbocycles. The van der Waals surface area contributed by atoms with E-state index in [-0.39, 0.29) is 18.3 Å². The van der Waals surface area contributed by atoms with Gasteiger partial charge in [-0.05, 0) is 37.1 Å². The summed E-state index contributed by atoms with van der Waals surface area (Å²) in [4.78, 5) is 24.5. The molecule has 1 atom stereocenters. The number of benzene rings is 1. The SMILES string of the molecule is CCCCS(=O)(=O)Nc1ccc(NC(=O)N2CCC(C(=O)O)C2)cc1. The summed E-state index contributed by atoms with van der Waals surface area (Å²) in [6.07, 6.45) is 1.84. The molecule has 2 rings (SSSR count). The normalized spacial score (nSPS) is 17.3. The molecule has 0 bridgehead atoms. The summed E-state index contributed by atoms with van der Waals surface area (Å²) in [6, 6.07) is 5.98. The zero-order chi connectivity index (χ0) is 18.4. The molecule has 25 heavy (non-hydrogen) atoms. The lowest BCUT2D eigenvalue weighted by atomic mass is 10.1. The minimum Gasteiger partial charge on any atom is -0.481 e. The first-order valence-corrected chi connectivity index (χ1v) is 9.85. The molecule has 0 spiro atoms. The van der Waals surface area contributed by atoms with Crippen LogP contribution in [0.5, 0.6) is 0 Å². The van der Waals surface area contributed by atoms with Gasteiger partial charge in [0.2, 0.25) is 10.0 Å². The molecule has 1 heterocycles. The first-order chi connectivity index (χ1) is 11.8. The van der Waals surface area contributed by atoms with Crippen LogP contribution in [0.1, 0.15) is 26.2 Å². The number of likely N-dealkylation sites (tertiary alicyclic amines) is 1. The van der Waals surface area contributed by atoms with Gasteiger partial charge in [0.1, 0.15) is 0 Å². The molecule has 1 aliphatic heterocycles. The van der Waals surface area contributed by atoms with Crippen LogP contribution in [-0.4, -0.2) is 49.3 Å². The molecule has 0 radical (unpaired) electrons. The molecule has 8 nitrogen and oxygen atoms in total. The lowest BCUT2D eigenvalue weighted by molar-refractivity contribution is -0.141. The first kappa shape index (κ1) is 19.0. The zero-order valence-corrected chi connectivity index (χ0v) is 14.9. The number of anilines is 2. The second kappa shape index (κ2) is 8.19. The number of nitrogens with zero attached hydrogens (tertiary/aromatic N) is 1. The van der Waals surface area contributed by atoms with Gasteiger partial charge in [0.25, 0.3) is 0 Å². The highest BCUT2D eigenvalue weighted by atomic mass is 32.2. The Hall–Kier alpha value is -2.29. The van der Waals surface area contributed by atoms with Crippen LogP contribution in [-0.2, 0) is 14.8 Å². The fourth-order valence-corrected chi connectivity index (χ4v) is 3.80. The molecule has 0 aliphatic carbocycles. The topological polar surface area (TPSA) is 116 Å². The lowest BCUT2D eigenvalue weighted by Crippen LogP contribution is -2.33. The highest BCUT2D eigenvalue weighted by Gasteiger charge is 2.30. The molecule has 138 valence electrons. The van der Waals surface area contributed by atoms with Crippen molar-refractivity contribution in [1.82, 2.24) is 4.90 Å². The third-order valence-corrected chi connectivity index (χ3v) is 5.37. The van der Waals surface area contributed by atoms with Gasteiger partial charge in [0.15, 0.2) is 0 Å². The molecular formula is C16H23N3O5S. The van der Waals surface area contributed by atoms with Crippen molar-refractivity contribution >= 4 is 33.4 Å². The van der Waals surface area contributed by atoms with Crippen LogP contribution in [0, 0.1) is 5.92 Å². The number of aliphatic carboxylic acids is 1. The third kappa shape index (κ3) is 5.63. The molecule has 1 saturated heterocycles. The third-order valence-electron chi connectivity index (χ3n) is 4.00. The van der Waals surface area contributed by atoms with Crippen molar-refractivity contribution in [2.45, 2.75) is 26.2 Å². The maximum atomic E-state index is 12.1. The number of urea groups is 1. The first-order valence-electron chi connectivity index (χ1n) is 8.20. The Morgan fingerprint density at radius 2 is 1.88 bits per heavy atom. The average molecular weight is 369 g/mol. The molecule has 1 unspecified atom stereocenters. The zero-order valence-electron chi connectivity index (χ0n) is 14.1. The van der Waals surface area contributed by atoms with Gasteiger partial charge in [0.05, 0.1) is 11.7 Å². The number of carbonyl (C=O) groups excluding carboxylic acids is 1. The van der Waals surface area contributed by atoms with Crippen LogP contribution in [0.3, 0.4) is 0 Å². The summed E-state index contributed by atoms with van der Waals surface area (Å²) in [5.41, 5.74) is 0.946. The van der Waals surface area contributed by atoms with E-state index in [9.17, 15) is 18.0 Å². The van der Waals surface area contributed by atoms with E-state index in [4.69, 9.17) is 5.11 Å². The number of rotatable bonds is 7. The van der Waals surface area contributed by atoms with E-state index in [1.807, 2.05) is 6.92 Å². The molecule has 3 N–H and O–H groups in total. The van der Waals surface area contributed by atoms with E-state index in [0.717, 1.165) is 6.42 Å². The number of nitrogens with one attached hydrogen (secondary N) is 2. The largest absolute Gasteiger partial charge is 0.481 e. The minimum absolute atomic E-state index is 0.0711. The Bertz CT molecular complexity index is 718. The van der Waals surface area contributed by atoms with Gasteiger partial charge in [-0.15, -0.1) is 0 Å². The minimum atomic E-state index is -3.36. The standard InChI is InChI=1S/C16H23N3O5S/c1-2-3-10-25(23,24)18-14-6-4-13(5-7-14)17-16(22)19-9-8-12(11-19)15(20)21/h4-7,12,18H,2-3,8-11H2,1H3,(H,17,22)(H,20,21). The van der Waals surface area contributed by atoms with E-state index >= 15 is 0 Å². The maximum Gasteiger partial charge on any atom is 0.321 e. The Morgan fingerprint density at radius 3 is 2.44 bits per heavy atom. The van der Waals surface area contributed by atoms with Crippen molar-refractivity contribution < 1.29 is 23.1 Å². The summed E-state index contributed by atoms with van der Waals surface area (Å²) in [5, 5.41) is 11.6. The van der Waals surface area contributed by atoms with Crippen molar-refractivity contribution in [2.24, 2.45) is 5.92 Å². The number of sulfonamides is 1. The summed E-state index contributed by atoms with van der Waals surface area (Å²) >= 11 is 0. The van der Waals surface area contributed by atoms with Gasteiger partial charge >= 0.3 is 12.0 Å². The van der Waals surface area contributed by atoms with Crippen LogP contribution in [0.2, 0.25) is 0 Å². The molecule has 1 aliphatic rings. The van der Waals surface area contributed by atoms with Crippen LogP contribution in [0.4, 0.5) is 16.2 Å². The smallest absolute Gasteiger partial charge is 0.321 e. The van der Waals surface area contributed by atoms with Crippen LogP contribution < -0.4 is 10.0 Å². The van der Waals surface area contributed by atoms with E-state index in [1.165, 1.54) is 4.90 Å². The Morgan fingerprint density at radius 1 is 1.24 bits per heavy atom. The van der Waals surface area contributed by atoms with Gasteiger partial charge in [-0.25, -0.2) is 13.2 Å². The van der Waals surface area contributed by atoms with E-state index in [0.29, 0.717) is 30.8 Å². The van der Waals surface area contributed by atoms with Crippen molar-refractivity contribution in [3.63, 3.8) is 0 Å². The summed E-state index contributed by atoms with van der Waals surface area (Å²) in [7, 11) is -3.36. The highest BCUT2D eigenvalue weighted by molar-refractivity contribution is 7.92. The van der Waals surface area contributed by atoms with Crippen molar-refractivity contribution in [1.29, 1.82) is 0 Å². The number of carboxylic acids is 1. The second-order valence-electron chi connectivity index (χ2n) is 6.05. The van der Waals surface area contributed by atoms with Gasteiger partial charge in [0, 0.05) is 24.5 Å². The number of carbonyl (C=O) groups is 2. The number of carboxylic acid groups (broad SMARTS) is 1. The number of hydrogen-bond donors (Lipinski definition) is 3. The quantitative estimate of drug-likeness (QED) is 0.681. The fourth-order valence-electron chi connectivity index (χ4n) is 2.54. The van der Waals surface area contributed by atoms with E-state index in [2.05, 4.69) is 10.0 Å². The Kier molecular flexibility index (Phi) is 6.24. The van der Waals surface area contributed by atoms with E-state index < -0.39 is 21.9 Å². The molecule has 0 aromatic heterocycles. The Labute approximate surface area is 147 Å². The van der Waals surface area contributed by atoms with E-state index in [1.54, 1.807) is 24.3 Å². The Balaban J connectivity index is 1.90. The average Bonchev–Trinajstić information content (AvgIpc) is 3.05. The molecule has 2 amide bonds. The predicted octanol–water partition coefficient (Wildman–Crippen LogP) is 2.17. The van der Waals surface area contributed by atoms with Crippen molar-refractivity contribution in [3.05, 3.63) is 24.3 Å². The second-order valence-corrected chi connectivity index (χ2v) is 7.89. The van der Waals surface area contributed by atoms with Crippen molar-refractivity contribution in [2.75, 3.05) is 28.9 Å². The maximum absolute atomic E-state index is 12.1. The predicted molar refractivity (Wildman–Crippen MR) is 95.1 cm³/mol. The number of unbranched alkanes of at least 4 members (excludes halogenated alkanes) is 1. The number of amides is 2. The van der Waals surface area contributed by atoms with Gasteiger partial charge in [-0.3, -0.25) is 9.52 Å². The van der Waals surface area contributed by atoms with Crippen LogP contribution in [0.25, 0.3) is 0 Å². The van der Waals surface area contributed by atoms with Gasteiger partial charge < -0.3 is 15.3 Å². The summed E-state index contributed by atoms with van der Waals surface area (Å²) < 4.78 is 26.2. The van der Waals surface area contributed by atoms with Crippen LogP contribution >= 0.6 is 0 Å². The number of hydrogen-bond acceptors (Lipinski definition) is 4. The van der Waals surface area contributed by atoms with Gasteiger partial charge in [-0.2, -0.15) is 0 Å². The fraction of sp³-hybridized carbons (Fsp3) is 0.500. The molecule has 1 fully saturated rings. The highest BCUT2D eigenvalue weighted by Crippen LogP contribution is 2.19. The van der Waals surface area contributed by atoms with Crippen LogP contribution in [0.15, 0.2) is 24.3 Å². The lowest BCUT2D eigenvalue weighted by Gasteiger charge is -2.17. The molecule has 1 aromatic rings. The van der Waals surface area contributed by atoms with Gasteiger partial charge in [-0.1, -0.05) is 13.3 Å². The molecular weight excluding hydrogens is 346 g/mol. The monoisotopic (exact) mass is 369 g/mol. The summed E-state index contributed by atoms with van der Waals surface area (Å²) in [5.74, 6) is -1.34. The summed E-state index contributed by atoms with van der Waals surface area (Å²) in [6.45, 7) is 2.51. The molecule has 1 aromatic carbocycles.